The van der Waals surface area contributed by atoms with E-state index < -0.39 is 0 Å². The van der Waals surface area contributed by atoms with Crippen LogP contribution in [-0.4, -0.2) is 51.3 Å². The molecule has 2 unspecified atom stereocenters. The molecule has 94 valence electrons. The molecule has 1 N–H and O–H groups in total. The molecule has 0 aromatic rings. The van der Waals surface area contributed by atoms with Gasteiger partial charge in [0.05, 0.1) is 6.61 Å². The summed E-state index contributed by atoms with van der Waals surface area (Å²) in [6.45, 7) is 4.55. The third kappa shape index (κ3) is 3.44. The van der Waals surface area contributed by atoms with Crippen molar-refractivity contribution in [3.05, 3.63) is 0 Å². The van der Waals surface area contributed by atoms with E-state index in [-0.39, 0.29) is 0 Å². The van der Waals surface area contributed by atoms with E-state index in [4.69, 9.17) is 4.74 Å². The van der Waals surface area contributed by atoms with Gasteiger partial charge in [0.2, 0.25) is 0 Å². The van der Waals surface area contributed by atoms with Crippen LogP contribution >= 0.6 is 0 Å². The lowest BCUT2D eigenvalue weighted by atomic mass is 9.98. The Hall–Kier alpha value is -0.120. The number of likely N-dealkylation sites (N-methyl/N-ethyl adjacent to an activating group) is 1. The van der Waals surface area contributed by atoms with Gasteiger partial charge in [-0.2, -0.15) is 0 Å². The first-order valence-electron chi connectivity index (χ1n) is 6.71. The molecule has 2 aliphatic rings. The van der Waals surface area contributed by atoms with E-state index in [1.807, 2.05) is 7.11 Å². The van der Waals surface area contributed by atoms with Crippen molar-refractivity contribution in [2.75, 3.05) is 40.4 Å². The third-order valence-electron chi connectivity index (χ3n) is 4.01. The summed E-state index contributed by atoms with van der Waals surface area (Å²) in [6, 6.07) is 0.659. The average Bonchev–Trinajstić information content (AvgIpc) is 3.11. The monoisotopic (exact) mass is 226 g/mol. The first-order valence-corrected chi connectivity index (χ1v) is 6.71. The summed E-state index contributed by atoms with van der Waals surface area (Å²) in [5, 5.41) is 3.50. The van der Waals surface area contributed by atoms with E-state index in [1.165, 1.54) is 45.3 Å². The smallest absolute Gasteiger partial charge is 0.0620 e. The lowest BCUT2D eigenvalue weighted by Crippen LogP contribution is -2.43. The van der Waals surface area contributed by atoms with Gasteiger partial charge in [0.15, 0.2) is 0 Å². The Morgan fingerprint density at radius 1 is 1.38 bits per heavy atom. The van der Waals surface area contributed by atoms with Gasteiger partial charge in [0.25, 0.3) is 0 Å². The summed E-state index contributed by atoms with van der Waals surface area (Å²) in [4.78, 5) is 2.54. The summed E-state index contributed by atoms with van der Waals surface area (Å²) >= 11 is 0. The van der Waals surface area contributed by atoms with Crippen molar-refractivity contribution >= 4 is 0 Å². The fourth-order valence-electron chi connectivity index (χ4n) is 2.90. The van der Waals surface area contributed by atoms with Gasteiger partial charge < -0.3 is 15.0 Å². The number of nitrogens with one attached hydrogen (secondary N) is 1. The summed E-state index contributed by atoms with van der Waals surface area (Å²) < 4.78 is 5.36. The maximum Gasteiger partial charge on any atom is 0.0620 e. The van der Waals surface area contributed by atoms with Crippen LogP contribution in [0.2, 0.25) is 0 Å². The van der Waals surface area contributed by atoms with E-state index in [0.29, 0.717) is 6.04 Å². The number of hydrogen-bond acceptors (Lipinski definition) is 3. The molecule has 1 saturated carbocycles. The predicted octanol–water partition coefficient (Wildman–Crippen LogP) is 1.34. The molecule has 3 nitrogen and oxygen atoms in total. The van der Waals surface area contributed by atoms with Crippen LogP contribution in [0.5, 0.6) is 0 Å². The van der Waals surface area contributed by atoms with Crippen LogP contribution in [0.25, 0.3) is 0 Å². The van der Waals surface area contributed by atoms with Gasteiger partial charge in [-0.25, -0.2) is 0 Å². The highest BCUT2D eigenvalue weighted by atomic mass is 16.5. The lowest BCUT2D eigenvalue weighted by Gasteiger charge is -2.33. The fraction of sp³-hybridized carbons (Fsp3) is 1.00. The second-order valence-electron chi connectivity index (χ2n) is 5.51. The Labute approximate surface area is 99.5 Å². The van der Waals surface area contributed by atoms with E-state index in [0.717, 1.165) is 18.4 Å². The number of hydrogen-bond donors (Lipinski definition) is 1. The zero-order chi connectivity index (χ0) is 11.4. The number of methoxy groups -OCH3 is 1. The molecule has 0 radical (unpaired) electrons. The SMILES string of the molecule is COCC(C1CC1)N(C)CC1CCCNC1. The maximum absolute atomic E-state index is 5.36. The summed E-state index contributed by atoms with van der Waals surface area (Å²) in [5.74, 6) is 1.75. The van der Waals surface area contributed by atoms with Gasteiger partial charge in [0, 0.05) is 19.7 Å². The third-order valence-corrected chi connectivity index (χ3v) is 4.01. The lowest BCUT2D eigenvalue weighted by molar-refractivity contribution is 0.0810. The normalized spacial score (nSPS) is 28.3. The average molecular weight is 226 g/mol. The molecule has 2 atom stereocenters. The summed E-state index contributed by atoms with van der Waals surface area (Å²) in [6.07, 6.45) is 5.54. The fourth-order valence-corrected chi connectivity index (χ4v) is 2.90. The molecular formula is C13H26N2O. The maximum atomic E-state index is 5.36. The van der Waals surface area contributed by atoms with Crippen LogP contribution in [0.1, 0.15) is 25.7 Å². The van der Waals surface area contributed by atoms with Gasteiger partial charge in [0.1, 0.15) is 0 Å². The number of ether oxygens (including phenoxy) is 1. The molecule has 1 aliphatic heterocycles. The zero-order valence-corrected chi connectivity index (χ0v) is 10.7. The van der Waals surface area contributed by atoms with E-state index in [2.05, 4.69) is 17.3 Å². The first kappa shape index (κ1) is 12.3. The molecule has 2 rings (SSSR count). The van der Waals surface area contributed by atoms with E-state index in [1.54, 1.807) is 0 Å². The molecule has 0 bridgehead atoms. The van der Waals surface area contributed by atoms with Gasteiger partial charge in [-0.3, -0.25) is 0 Å². The van der Waals surface area contributed by atoms with Crippen molar-refractivity contribution in [2.45, 2.75) is 31.7 Å². The van der Waals surface area contributed by atoms with Crippen LogP contribution in [0.4, 0.5) is 0 Å². The Kier molecular flexibility index (Phi) is 4.62. The highest BCUT2D eigenvalue weighted by Crippen LogP contribution is 2.35. The minimum atomic E-state index is 0.659. The van der Waals surface area contributed by atoms with Crippen molar-refractivity contribution in [2.24, 2.45) is 11.8 Å². The van der Waals surface area contributed by atoms with Crippen molar-refractivity contribution in [1.29, 1.82) is 0 Å². The van der Waals surface area contributed by atoms with Crippen LogP contribution in [0.3, 0.4) is 0 Å². The molecule has 0 aromatic heterocycles. The Bertz CT molecular complexity index is 200. The molecule has 0 amide bonds. The molecular weight excluding hydrogens is 200 g/mol. The van der Waals surface area contributed by atoms with Crippen LogP contribution in [-0.2, 0) is 4.74 Å². The minimum Gasteiger partial charge on any atom is -0.383 e. The summed E-state index contributed by atoms with van der Waals surface area (Å²) in [5.41, 5.74) is 0. The van der Waals surface area contributed by atoms with E-state index in [9.17, 15) is 0 Å². The standard InChI is InChI=1S/C13H26N2O/c1-15(9-11-4-3-7-14-8-11)13(10-16-2)12-5-6-12/h11-14H,3-10H2,1-2H3. The van der Waals surface area contributed by atoms with Crippen LogP contribution in [0, 0.1) is 11.8 Å². The quantitative estimate of drug-likeness (QED) is 0.740. The van der Waals surface area contributed by atoms with Crippen molar-refractivity contribution < 1.29 is 4.74 Å². The minimum absolute atomic E-state index is 0.659. The second kappa shape index (κ2) is 5.99. The topological polar surface area (TPSA) is 24.5 Å². The van der Waals surface area contributed by atoms with Gasteiger partial charge in [-0.1, -0.05) is 0 Å². The van der Waals surface area contributed by atoms with Gasteiger partial charge in [-0.05, 0) is 57.7 Å². The highest BCUT2D eigenvalue weighted by molar-refractivity contribution is 4.88. The van der Waals surface area contributed by atoms with Crippen LogP contribution < -0.4 is 5.32 Å². The molecule has 2 fully saturated rings. The number of rotatable bonds is 6. The largest absolute Gasteiger partial charge is 0.383 e. The molecule has 1 heterocycles. The first-order chi connectivity index (χ1) is 7.81. The molecule has 1 saturated heterocycles. The molecule has 16 heavy (non-hydrogen) atoms. The molecule has 0 spiro atoms. The van der Waals surface area contributed by atoms with Gasteiger partial charge >= 0.3 is 0 Å². The van der Waals surface area contributed by atoms with Gasteiger partial charge in [-0.15, -0.1) is 0 Å². The zero-order valence-electron chi connectivity index (χ0n) is 10.7. The summed E-state index contributed by atoms with van der Waals surface area (Å²) in [7, 11) is 4.10. The molecule has 1 aliphatic carbocycles. The second-order valence-corrected chi connectivity index (χ2v) is 5.51. The van der Waals surface area contributed by atoms with Crippen molar-refractivity contribution in [1.82, 2.24) is 10.2 Å². The number of piperidine rings is 1. The molecule has 0 aromatic carbocycles. The van der Waals surface area contributed by atoms with Crippen LogP contribution in [0.15, 0.2) is 0 Å². The Balaban J connectivity index is 1.77. The van der Waals surface area contributed by atoms with E-state index >= 15 is 0 Å². The number of nitrogens with zero attached hydrogens (tertiary/aromatic N) is 1. The Morgan fingerprint density at radius 2 is 2.19 bits per heavy atom. The van der Waals surface area contributed by atoms with Crippen molar-refractivity contribution in [3.8, 4) is 0 Å². The highest BCUT2D eigenvalue weighted by Gasteiger charge is 2.34. The molecule has 3 heteroatoms. The predicted molar refractivity (Wildman–Crippen MR) is 66.6 cm³/mol. The van der Waals surface area contributed by atoms with Crippen molar-refractivity contribution in [3.63, 3.8) is 0 Å². The Morgan fingerprint density at radius 3 is 2.75 bits per heavy atom.